The Hall–Kier alpha value is -0.550. The molecule has 0 N–H and O–H groups in total. The van der Waals surface area contributed by atoms with Crippen LogP contribution in [0.15, 0.2) is 0 Å². The molecule has 80 valence electrons. The highest BCUT2D eigenvalue weighted by atomic mass is 15.1. The summed E-state index contributed by atoms with van der Waals surface area (Å²) in [5.74, 6) is 0.791. The molecule has 0 atom stereocenters. The van der Waals surface area contributed by atoms with Gasteiger partial charge in [-0.15, -0.1) is 0 Å². The molecule has 0 unspecified atom stereocenters. The van der Waals surface area contributed by atoms with Crippen molar-refractivity contribution >= 4 is 0 Å². The van der Waals surface area contributed by atoms with Gasteiger partial charge >= 0.3 is 0 Å². The number of rotatable bonds is 3. The first-order valence-electron chi connectivity index (χ1n) is 5.69. The van der Waals surface area contributed by atoms with Crippen LogP contribution in [-0.4, -0.2) is 24.5 Å². The van der Waals surface area contributed by atoms with Crippen LogP contribution >= 0.6 is 0 Å². The first kappa shape index (κ1) is 11.5. The zero-order valence-corrected chi connectivity index (χ0v) is 9.71. The minimum absolute atomic E-state index is 0.0473. The Labute approximate surface area is 87.9 Å². The molecule has 1 fully saturated rings. The zero-order chi connectivity index (χ0) is 10.6. The Morgan fingerprint density at radius 3 is 2.36 bits per heavy atom. The largest absolute Gasteiger partial charge is 0.303 e. The summed E-state index contributed by atoms with van der Waals surface area (Å²) in [5.41, 5.74) is -0.0473. The summed E-state index contributed by atoms with van der Waals surface area (Å²) >= 11 is 0. The van der Waals surface area contributed by atoms with E-state index in [-0.39, 0.29) is 5.41 Å². The molecule has 0 saturated carbocycles. The van der Waals surface area contributed by atoms with Crippen molar-refractivity contribution in [2.45, 2.75) is 40.0 Å². The lowest BCUT2D eigenvalue weighted by molar-refractivity contribution is 0.151. The van der Waals surface area contributed by atoms with Crippen LogP contribution in [0.5, 0.6) is 0 Å². The predicted molar refractivity (Wildman–Crippen MR) is 58.8 cm³/mol. The molecule has 1 aliphatic rings. The van der Waals surface area contributed by atoms with Crippen LogP contribution in [0.25, 0.3) is 0 Å². The fourth-order valence-electron chi connectivity index (χ4n) is 1.82. The standard InChI is InChI=1S/C12H22N2/c1-11(2)4-7-14-8-5-12(3,10-13)6-9-14/h11H,4-9H2,1-3H3. The molecule has 1 rings (SSSR count). The third kappa shape index (κ3) is 3.31. The maximum atomic E-state index is 8.99. The first-order valence-corrected chi connectivity index (χ1v) is 5.69. The summed E-state index contributed by atoms with van der Waals surface area (Å²) < 4.78 is 0. The number of piperidine rings is 1. The molecule has 2 heteroatoms. The third-order valence-corrected chi connectivity index (χ3v) is 3.25. The molecule has 2 nitrogen and oxygen atoms in total. The van der Waals surface area contributed by atoms with Crippen LogP contribution in [0, 0.1) is 22.7 Å². The second-order valence-corrected chi connectivity index (χ2v) is 5.20. The molecule has 0 aliphatic carbocycles. The maximum Gasteiger partial charge on any atom is 0.0687 e. The Bertz CT molecular complexity index is 207. The van der Waals surface area contributed by atoms with Gasteiger partial charge in [0.15, 0.2) is 0 Å². The van der Waals surface area contributed by atoms with Crippen molar-refractivity contribution < 1.29 is 0 Å². The van der Waals surface area contributed by atoms with Gasteiger partial charge in [-0.1, -0.05) is 13.8 Å². The highest BCUT2D eigenvalue weighted by Crippen LogP contribution is 2.29. The first-order chi connectivity index (χ1) is 6.56. The van der Waals surface area contributed by atoms with E-state index < -0.39 is 0 Å². The summed E-state index contributed by atoms with van der Waals surface area (Å²) in [4.78, 5) is 2.50. The third-order valence-electron chi connectivity index (χ3n) is 3.25. The van der Waals surface area contributed by atoms with Gasteiger partial charge in [-0.3, -0.25) is 0 Å². The molecular weight excluding hydrogens is 172 g/mol. The van der Waals surface area contributed by atoms with E-state index in [9.17, 15) is 0 Å². The molecule has 0 bridgehead atoms. The SMILES string of the molecule is CC(C)CCN1CCC(C)(C#N)CC1. The Morgan fingerprint density at radius 2 is 1.93 bits per heavy atom. The van der Waals surface area contributed by atoms with Crippen molar-refractivity contribution in [2.75, 3.05) is 19.6 Å². The van der Waals surface area contributed by atoms with E-state index in [1.165, 1.54) is 13.0 Å². The molecule has 0 radical (unpaired) electrons. The second-order valence-electron chi connectivity index (χ2n) is 5.20. The highest BCUT2D eigenvalue weighted by Gasteiger charge is 2.29. The van der Waals surface area contributed by atoms with Crippen LogP contribution in [0.3, 0.4) is 0 Å². The zero-order valence-electron chi connectivity index (χ0n) is 9.71. The van der Waals surface area contributed by atoms with E-state index in [2.05, 4.69) is 31.7 Å². The van der Waals surface area contributed by atoms with E-state index in [0.717, 1.165) is 31.8 Å². The van der Waals surface area contributed by atoms with Gasteiger partial charge in [0.05, 0.1) is 11.5 Å². The maximum absolute atomic E-state index is 8.99. The smallest absolute Gasteiger partial charge is 0.0687 e. The lowest BCUT2D eigenvalue weighted by Crippen LogP contribution is -2.38. The van der Waals surface area contributed by atoms with Gasteiger partial charge < -0.3 is 4.90 Å². The van der Waals surface area contributed by atoms with Crippen LogP contribution in [0.4, 0.5) is 0 Å². The molecule has 1 heterocycles. The van der Waals surface area contributed by atoms with Crippen molar-refractivity contribution in [1.82, 2.24) is 4.90 Å². The quantitative estimate of drug-likeness (QED) is 0.690. The Kier molecular flexibility index (Phi) is 3.95. The molecule has 0 amide bonds. The summed E-state index contributed by atoms with van der Waals surface area (Å²) in [6.07, 6.45) is 3.37. The van der Waals surface area contributed by atoms with Gasteiger partial charge in [0.1, 0.15) is 0 Å². The number of nitriles is 1. The molecule has 1 aliphatic heterocycles. The minimum Gasteiger partial charge on any atom is -0.303 e. The summed E-state index contributed by atoms with van der Waals surface area (Å²) in [6, 6.07) is 2.44. The number of hydrogen-bond donors (Lipinski definition) is 0. The molecule has 1 saturated heterocycles. The molecule has 0 aromatic rings. The van der Waals surface area contributed by atoms with Gasteiger partial charge in [-0.2, -0.15) is 5.26 Å². The summed E-state index contributed by atoms with van der Waals surface area (Å²) in [5, 5.41) is 8.99. The van der Waals surface area contributed by atoms with E-state index in [4.69, 9.17) is 5.26 Å². The van der Waals surface area contributed by atoms with Crippen molar-refractivity contribution in [3.63, 3.8) is 0 Å². The van der Waals surface area contributed by atoms with E-state index in [1.807, 2.05) is 0 Å². The van der Waals surface area contributed by atoms with Gasteiger partial charge in [0, 0.05) is 0 Å². The minimum atomic E-state index is -0.0473. The lowest BCUT2D eigenvalue weighted by Gasteiger charge is -2.35. The van der Waals surface area contributed by atoms with Gasteiger partial charge in [-0.05, 0) is 51.7 Å². The normalized spacial score (nSPS) is 22.2. The average molecular weight is 194 g/mol. The van der Waals surface area contributed by atoms with Gasteiger partial charge in [0.2, 0.25) is 0 Å². The fraction of sp³-hybridized carbons (Fsp3) is 0.917. The van der Waals surface area contributed by atoms with Crippen LogP contribution in [0.2, 0.25) is 0 Å². The van der Waals surface area contributed by atoms with Crippen molar-refractivity contribution in [1.29, 1.82) is 5.26 Å². The summed E-state index contributed by atoms with van der Waals surface area (Å²) in [7, 11) is 0. The van der Waals surface area contributed by atoms with Crippen LogP contribution in [0.1, 0.15) is 40.0 Å². The van der Waals surface area contributed by atoms with Crippen molar-refractivity contribution in [3.05, 3.63) is 0 Å². The van der Waals surface area contributed by atoms with Crippen LogP contribution < -0.4 is 0 Å². The molecule has 0 aromatic heterocycles. The van der Waals surface area contributed by atoms with E-state index in [1.54, 1.807) is 0 Å². The Balaban J connectivity index is 2.26. The number of hydrogen-bond acceptors (Lipinski definition) is 2. The summed E-state index contributed by atoms with van der Waals surface area (Å²) in [6.45, 7) is 10.0. The Morgan fingerprint density at radius 1 is 1.36 bits per heavy atom. The number of nitrogens with zero attached hydrogens (tertiary/aromatic N) is 2. The highest BCUT2D eigenvalue weighted by molar-refractivity contribution is 4.98. The molecular formula is C12H22N2. The molecule has 0 spiro atoms. The topological polar surface area (TPSA) is 27.0 Å². The molecule has 0 aromatic carbocycles. The van der Waals surface area contributed by atoms with Crippen LogP contribution in [-0.2, 0) is 0 Å². The van der Waals surface area contributed by atoms with Gasteiger partial charge in [0.25, 0.3) is 0 Å². The number of likely N-dealkylation sites (tertiary alicyclic amines) is 1. The second kappa shape index (κ2) is 4.79. The van der Waals surface area contributed by atoms with E-state index >= 15 is 0 Å². The van der Waals surface area contributed by atoms with Crippen molar-refractivity contribution in [2.24, 2.45) is 11.3 Å². The molecule has 14 heavy (non-hydrogen) atoms. The predicted octanol–water partition coefficient (Wildman–Crippen LogP) is 2.66. The monoisotopic (exact) mass is 194 g/mol. The fourth-order valence-corrected chi connectivity index (χ4v) is 1.82. The van der Waals surface area contributed by atoms with E-state index in [0.29, 0.717) is 0 Å². The lowest BCUT2D eigenvalue weighted by atomic mass is 9.82. The van der Waals surface area contributed by atoms with Gasteiger partial charge in [-0.25, -0.2) is 0 Å². The average Bonchev–Trinajstić information content (AvgIpc) is 2.17. The van der Waals surface area contributed by atoms with Crippen molar-refractivity contribution in [3.8, 4) is 6.07 Å².